The topological polar surface area (TPSA) is 74.3 Å². The molecule has 1 aromatic carbocycles. The van der Waals surface area contributed by atoms with Crippen LogP contribution in [0.25, 0.3) is 0 Å². The summed E-state index contributed by atoms with van der Waals surface area (Å²) >= 11 is 0. The van der Waals surface area contributed by atoms with E-state index in [9.17, 15) is 9.59 Å². The predicted octanol–water partition coefficient (Wildman–Crippen LogP) is 3.37. The number of carbonyl (C=O) groups excluding carboxylic acids is 2. The Bertz CT molecular complexity index is 850. The summed E-state index contributed by atoms with van der Waals surface area (Å²) in [5, 5.41) is 5.64. The van der Waals surface area contributed by atoms with Gasteiger partial charge in [0.25, 0.3) is 5.91 Å². The van der Waals surface area contributed by atoms with E-state index in [0.29, 0.717) is 11.4 Å². The molecule has 1 saturated heterocycles. The maximum Gasteiger partial charge on any atom is 0.255 e. The number of amides is 2. The molecule has 1 fully saturated rings. The van der Waals surface area contributed by atoms with Gasteiger partial charge in [-0.05, 0) is 63.3 Å². The molecule has 0 saturated carbocycles. The molecule has 0 spiro atoms. The lowest BCUT2D eigenvalue weighted by atomic mass is 10.1. The SMILES string of the molecule is Cc1cc(C)c(NC(=O)CNC(=O)c2cccnc2N2CCCCC2)c(C)c1. The van der Waals surface area contributed by atoms with Crippen LogP contribution in [0.15, 0.2) is 30.5 Å². The molecule has 0 atom stereocenters. The molecule has 2 heterocycles. The maximum absolute atomic E-state index is 12.7. The van der Waals surface area contributed by atoms with E-state index in [1.54, 1.807) is 18.3 Å². The number of nitrogens with one attached hydrogen (secondary N) is 2. The number of rotatable bonds is 5. The normalized spacial score (nSPS) is 13.9. The third-order valence-electron chi connectivity index (χ3n) is 5.04. The molecule has 6 heteroatoms. The van der Waals surface area contributed by atoms with Crippen LogP contribution in [0.5, 0.6) is 0 Å². The number of hydrogen-bond donors (Lipinski definition) is 2. The van der Waals surface area contributed by atoms with Crippen LogP contribution in [-0.4, -0.2) is 36.4 Å². The van der Waals surface area contributed by atoms with Gasteiger partial charge in [0, 0.05) is 25.0 Å². The van der Waals surface area contributed by atoms with Crippen molar-refractivity contribution in [2.24, 2.45) is 0 Å². The van der Waals surface area contributed by atoms with Crippen molar-refractivity contribution in [3.8, 4) is 0 Å². The Morgan fingerprint density at radius 3 is 2.43 bits per heavy atom. The van der Waals surface area contributed by atoms with E-state index in [0.717, 1.165) is 48.3 Å². The molecule has 0 bridgehead atoms. The zero-order valence-corrected chi connectivity index (χ0v) is 16.8. The van der Waals surface area contributed by atoms with Crippen LogP contribution < -0.4 is 15.5 Å². The molecule has 0 unspecified atom stereocenters. The van der Waals surface area contributed by atoms with E-state index >= 15 is 0 Å². The maximum atomic E-state index is 12.7. The van der Waals surface area contributed by atoms with Crippen LogP contribution in [0.1, 0.15) is 46.3 Å². The lowest BCUT2D eigenvalue weighted by Gasteiger charge is -2.29. The quantitative estimate of drug-likeness (QED) is 0.834. The summed E-state index contributed by atoms with van der Waals surface area (Å²) in [6, 6.07) is 7.57. The highest BCUT2D eigenvalue weighted by Crippen LogP contribution is 2.23. The summed E-state index contributed by atoms with van der Waals surface area (Å²) in [6.45, 7) is 7.69. The van der Waals surface area contributed by atoms with Gasteiger partial charge in [-0.25, -0.2) is 4.98 Å². The third-order valence-corrected chi connectivity index (χ3v) is 5.04. The number of nitrogens with zero attached hydrogens (tertiary/aromatic N) is 2. The molecule has 0 radical (unpaired) electrons. The lowest BCUT2D eigenvalue weighted by molar-refractivity contribution is -0.115. The largest absolute Gasteiger partial charge is 0.356 e. The van der Waals surface area contributed by atoms with Crippen LogP contribution >= 0.6 is 0 Å². The Morgan fingerprint density at radius 2 is 1.75 bits per heavy atom. The molecule has 0 aliphatic carbocycles. The molecule has 1 aromatic heterocycles. The van der Waals surface area contributed by atoms with Gasteiger partial charge in [-0.15, -0.1) is 0 Å². The van der Waals surface area contributed by atoms with Crippen molar-refractivity contribution in [3.05, 3.63) is 52.7 Å². The van der Waals surface area contributed by atoms with Crippen LogP contribution in [0.4, 0.5) is 11.5 Å². The van der Waals surface area contributed by atoms with Gasteiger partial charge in [0.1, 0.15) is 5.82 Å². The number of anilines is 2. The highest BCUT2D eigenvalue weighted by atomic mass is 16.2. The molecule has 2 N–H and O–H groups in total. The number of carbonyl (C=O) groups is 2. The number of piperidine rings is 1. The number of benzene rings is 1. The monoisotopic (exact) mass is 380 g/mol. The highest BCUT2D eigenvalue weighted by Gasteiger charge is 2.20. The second kappa shape index (κ2) is 8.87. The zero-order chi connectivity index (χ0) is 20.1. The van der Waals surface area contributed by atoms with Crippen molar-refractivity contribution in [3.63, 3.8) is 0 Å². The second-order valence-corrected chi connectivity index (χ2v) is 7.43. The van der Waals surface area contributed by atoms with Gasteiger partial charge < -0.3 is 15.5 Å². The van der Waals surface area contributed by atoms with Crippen molar-refractivity contribution in [2.45, 2.75) is 40.0 Å². The van der Waals surface area contributed by atoms with Crippen LogP contribution in [0, 0.1) is 20.8 Å². The number of pyridine rings is 1. The van der Waals surface area contributed by atoms with E-state index in [1.807, 2.05) is 32.9 Å². The highest BCUT2D eigenvalue weighted by molar-refractivity contribution is 6.02. The number of aryl methyl sites for hydroxylation is 3. The van der Waals surface area contributed by atoms with Crippen LogP contribution in [0.3, 0.4) is 0 Å². The molecule has 2 aromatic rings. The van der Waals surface area contributed by atoms with Crippen molar-refractivity contribution < 1.29 is 9.59 Å². The minimum Gasteiger partial charge on any atom is -0.356 e. The fourth-order valence-corrected chi connectivity index (χ4v) is 3.75. The Balaban J connectivity index is 1.64. The zero-order valence-electron chi connectivity index (χ0n) is 16.8. The molecule has 1 aliphatic heterocycles. The summed E-state index contributed by atoms with van der Waals surface area (Å²) in [7, 11) is 0. The Hall–Kier alpha value is -2.89. The molecule has 28 heavy (non-hydrogen) atoms. The summed E-state index contributed by atoms with van der Waals surface area (Å²) < 4.78 is 0. The third kappa shape index (κ3) is 4.68. The van der Waals surface area contributed by atoms with Crippen molar-refractivity contribution in [1.29, 1.82) is 0 Å². The first kappa shape index (κ1) is 19.9. The first-order valence-electron chi connectivity index (χ1n) is 9.81. The average molecular weight is 380 g/mol. The van der Waals surface area contributed by atoms with Crippen molar-refractivity contribution in [2.75, 3.05) is 29.9 Å². The van der Waals surface area contributed by atoms with Crippen molar-refractivity contribution in [1.82, 2.24) is 10.3 Å². The molecule has 148 valence electrons. The van der Waals surface area contributed by atoms with Gasteiger partial charge in [0.05, 0.1) is 12.1 Å². The molecule has 2 amide bonds. The van der Waals surface area contributed by atoms with E-state index in [1.165, 1.54) is 6.42 Å². The standard InChI is InChI=1S/C22H28N4O2/c1-15-12-16(2)20(17(3)13-15)25-19(27)14-24-22(28)18-8-7-9-23-21(18)26-10-5-4-6-11-26/h7-9,12-13H,4-6,10-11,14H2,1-3H3,(H,24,28)(H,25,27). The second-order valence-electron chi connectivity index (χ2n) is 7.43. The summed E-state index contributed by atoms with van der Waals surface area (Å²) in [5.41, 5.74) is 4.50. The van der Waals surface area contributed by atoms with E-state index < -0.39 is 0 Å². The van der Waals surface area contributed by atoms with Gasteiger partial charge in [-0.3, -0.25) is 9.59 Å². The molecular weight excluding hydrogens is 352 g/mol. The van der Waals surface area contributed by atoms with E-state index in [4.69, 9.17) is 0 Å². The van der Waals surface area contributed by atoms with Crippen molar-refractivity contribution >= 4 is 23.3 Å². The van der Waals surface area contributed by atoms with E-state index in [2.05, 4.69) is 20.5 Å². The molecule has 6 nitrogen and oxygen atoms in total. The minimum absolute atomic E-state index is 0.0834. The van der Waals surface area contributed by atoms with Gasteiger partial charge in [0.2, 0.25) is 5.91 Å². The number of aromatic nitrogens is 1. The van der Waals surface area contributed by atoms with Crippen LogP contribution in [-0.2, 0) is 4.79 Å². The molecular formula is C22H28N4O2. The summed E-state index contributed by atoms with van der Waals surface area (Å²) in [5.74, 6) is 0.179. The average Bonchev–Trinajstić information content (AvgIpc) is 2.69. The predicted molar refractivity (Wildman–Crippen MR) is 112 cm³/mol. The summed E-state index contributed by atoms with van der Waals surface area (Å²) in [4.78, 5) is 31.6. The minimum atomic E-state index is -0.277. The summed E-state index contributed by atoms with van der Waals surface area (Å²) in [6.07, 6.45) is 5.13. The smallest absolute Gasteiger partial charge is 0.255 e. The Kier molecular flexibility index (Phi) is 6.29. The molecule has 3 rings (SSSR count). The fraction of sp³-hybridized carbons (Fsp3) is 0.409. The molecule has 1 aliphatic rings. The van der Waals surface area contributed by atoms with E-state index in [-0.39, 0.29) is 18.4 Å². The van der Waals surface area contributed by atoms with Gasteiger partial charge in [-0.2, -0.15) is 0 Å². The van der Waals surface area contributed by atoms with Crippen LogP contribution in [0.2, 0.25) is 0 Å². The van der Waals surface area contributed by atoms with Gasteiger partial charge in [-0.1, -0.05) is 17.7 Å². The van der Waals surface area contributed by atoms with Gasteiger partial charge in [0.15, 0.2) is 0 Å². The lowest BCUT2D eigenvalue weighted by Crippen LogP contribution is -2.36. The fourth-order valence-electron chi connectivity index (χ4n) is 3.75. The number of hydrogen-bond acceptors (Lipinski definition) is 4. The first-order chi connectivity index (χ1) is 13.5. The Morgan fingerprint density at radius 1 is 1.07 bits per heavy atom. The first-order valence-corrected chi connectivity index (χ1v) is 9.81. The van der Waals surface area contributed by atoms with Gasteiger partial charge >= 0.3 is 0 Å². The Labute approximate surface area is 166 Å².